The number of rotatable bonds is 6. The van der Waals surface area contributed by atoms with Crippen LogP contribution < -0.4 is 13.8 Å². The molecule has 0 fully saturated rings. The van der Waals surface area contributed by atoms with Crippen LogP contribution in [-0.4, -0.2) is 52.8 Å². The molecule has 0 N–H and O–H groups in total. The molecule has 2 aromatic carbocycles. The Hall–Kier alpha value is -1.61. The number of ketones is 1. The van der Waals surface area contributed by atoms with Crippen LogP contribution in [0.2, 0.25) is 0 Å². The molecule has 126 valence electrons. The predicted molar refractivity (Wildman–Crippen MR) is 103 cm³/mol. The summed E-state index contributed by atoms with van der Waals surface area (Å²) < 4.78 is 2.80. The summed E-state index contributed by atoms with van der Waals surface area (Å²) in [5, 5.41) is 0. The van der Waals surface area contributed by atoms with E-state index >= 15 is 0 Å². The summed E-state index contributed by atoms with van der Waals surface area (Å²) in [7, 11) is 4.22. The van der Waals surface area contributed by atoms with Crippen molar-refractivity contribution in [3.63, 3.8) is 0 Å². The Kier molecular flexibility index (Phi) is 5.39. The van der Waals surface area contributed by atoms with Gasteiger partial charge in [-0.2, -0.15) is 0 Å². The van der Waals surface area contributed by atoms with Gasteiger partial charge in [-0.1, -0.05) is 0 Å². The third-order valence-corrected chi connectivity index (χ3v) is 6.63. The van der Waals surface area contributed by atoms with E-state index in [1.165, 1.54) is 20.3 Å². The molecule has 1 heterocycles. The average molecular weight is 387 g/mol. The molecule has 0 atom stereocenters. The van der Waals surface area contributed by atoms with Crippen molar-refractivity contribution in [2.24, 2.45) is 0 Å². The van der Waals surface area contributed by atoms with Crippen LogP contribution in [0.1, 0.15) is 30.1 Å². The first kappa shape index (κ1) is 17.2. The fourth-order valence-electron chi connectivity index (χ4n) is 2.99. The molecule has 1 aliphatic rings. The molecule has 0 saturated carbocycles. The molecule has 0 spiro atoms. The fourth-order valence-corrected chi connectivity index (χ4v) is 5.25. The van der Waals surface area contributed by atoms with E-state index in [0.717, 1.165) is 25.1 Å². The Balaban J connectivity index is 1.97. The van der Waals surface area contributed by atoms with E-state index in [1.54, 1.807) is 0 Å². The van der Waals surface area contributed by atoms with Crippen molar-refractivity contribution >= 4 is 41.0 Å². The Bertz CT molecular complexity index is 742. The zero-order valence-corrected chi connectivity index (χ0v) is 16.3. The van der Waals surface area contributed by atoms with Crippen LogP contribution in [-0.2, 0) is 0 Å². The molecule has 3 rings (SSSR count). The van der Waals surface area contributed by atoms with Crippen molar-refractivity contribution in [2.45, 2.75) is 19.8 Å². The summed E-state index contributed by atoms with van der Waals surface area (Å²) in [4.78, 5) is 16.8. The molecule has 0 radical (unpaired) electrons. The van der Waals surface area contributed by atoms with E-state index in [2.05, 4.69) is 60.3 Å². The van der Waals surface area contributed by atoms with E-state index in [0.29, 0.717) is 21.4 Å². The van der Waals surface area contributed by atoms with Crippen LogP contribution in [0.25, 0.3) is 0 Å². The number of benzene rings is 2. The monoisotopic (exact) mass is 388 g/mol. The van der Waals surface area contributed by atoms with Gasteiger partial charge < -0.3 is 0 Å². The minimum absolute atomic E-state index is 0.220. The van der Waals surface area contributed by atoms with Gasteiger partial charge in [-0.25, -0.2) is 0 Å². The number of hydrogen-bond donors (Lipinski definition) is 0. The molecule has 0 saturated heterocycles. The molecule has 0 bridgehead atoms. The predicted octanol–water partition coefficient (Wildman–Crippen LogP) is 2.34. The van der Waals surface area contributed by atoms with E-state index in [1.807, 2.05) is 13.0 Å². The van der Waals surface area contributed by atoms with Gasteiger partial charge in [0.15, 0.2) is 0 Å². The summed E-state index contributed by atoms with van der Waals surface area (Å²) in [6, 6.07) is 14.9. The molecule has 1 aliphatic heterocycles. The van der Waals surface area contributed by atoms with Crippen LogP contribution >= 0.6 is 0 Å². The number of Topliss-reactive ketones (excluding diaryl/α,β-unsaturated/α-hetero) is 1. The molecular weight excluding hydrogens is 363 g/mol. The Morgan fingerprint density at radius 3 is 2.58 bits per heavy atom. The van der Waals surface area contributed by atoms with Crippen molar-refractivity contribution in [3.05, 3.63) is 48.0 Å². The number of nitrogens with zero attached hydrogens (tertiary/aromatic N) is 2. The fraction of sp³-hybridized carbons (Fsp3) is 0.350. The van der Waals surface area contributed by atoms with Gasteiger partial charge in [0.1, 0.15) is 0 Å². The Labute approximate surface area is 150 Å². The molecule has 24 heavy (non-hydrogen) atoms. The normalized spacial score (nSPS) is 12.9. The quantitative estimate of drug-likeness (QED) is 0.562. The molecule has 4 heteroatoms. The first-order valence-electron chi connectivity index (χ1n) is 8.46. The zero-order chi connectivity index (χ0) is 17.1. The van der Waals surface area contributed by atoms with Crippen molar-refractivity contribution in [2.75, 3.05) is 32.1 Å². The van der Waals surface area contributed by atoms with Gasteiger partial charge >= 0.3 is 151 Å². The molecular formula is C20H24N2OSe. The zero-order valence-electron chi connectivity index (χ0n) is 14.6. The molecule has 0 aliphatic carbocycles. The van der Waals surface area contributed by atoms with E-state index in [4.69, 9.17) is 0 Å². The van der Waals surface area contributed by atoms with Gasteiger partial charge in [0.2, 0.25) is 0 Å². The minimum atomic E-state index is 0.220. The number of anilines is 2. The maximum absolute atomic E-state index is 12.1. The molecule has 2 aromatic rings. The van der Waals surface area contributed by atoms with Crippen molar-refractivity contribution < 1.29 is 4.79 Å². The number of carbonyl (C=O) groups is 1. The summed E-state index contributed by atoms with van der Waals surface area (Å²) >= 11 is 0.303. The SMILES string of the molecule is CCC(=O)c1ccc2c(c1)N(CCCN(C)C)c1ccccc1[Se]2. The van der Waals surface area contributed by atoms with Gasteiger partial charge in [0.05, 0.1) is 0 Å². The van der Waals surface area contributed by atoms with E-state index < -0.39 is 0 Å². The summed E-state index contributed by atoms with van der Waals surface area (Å²) in [5.41, 5.74) is 3.38. The van der Waals surface area contributed by atoms with Crippen LogP contribution in [0, 0.1) is 0 Å². The second-order valence-corrected chi connectivity index (χ2v) is 8.61. The molecule has 3 nitrogen and oxygen atoms in total. The first-order valence-corrected chi connectivity index (χ1v) is 10.2. The van der Waals surface area contributed by atoms with Crippen LogP contribution in [0.5, 0.6) is 0 Å². The van der Waals surface area contributed by atoms with Gasteiger partial charge in [0, 0.05) is 0 Å². The van der Waals surface area contributed by atoms with Crippen molar-refractivity contribution in [3.8, 4) is 0 Å². The van der Waals surface area contributed by atoms with E-state index in [-0.39, 0.29) is 5.78 Å². The number of para-hydroxylation sites is 1. The van der Waals surface area contributed by atoms with Crippen molar-refractivity contribution in [1.29, 1.82) is 0 Å². The van der Waals surface area contributed by atoms with Gasteiger partial charge in [-0.15, -0.1) is 0 Å². The molecule has 0 amide bonds. The summed E-state index contributed by atoms with van der Waals surface area (Å²) in [6.45, 7) is 3.96. The topological polar surface area (TPSA) is 23.6 Å². The van der Waals surface area contributed by atoms with Gasteiger partial charge in [0.25, 0.3) is 0 Å². The maximum atomic E-state index is 12.1. The third kappa shape index (κ3) is 3.56. The number of fused-ring (bicyclic) bond motifs is 2. The Morgan fingerprint density at radius 2 is 1.83 bits per heavy atom. The van der Waals surface area contributed by atoms with Gasteiger partial charge in [-0.3, -0.25) is 0 Å². The van der Waals surface area contributed by atoms with Gasteiger partial charge in [-0.05, 0) is 0 Å². The molecule has 0 aromatic heterocycles. The first-order chi connectivity index (χ1) is 11.6. The number of carbonyl (C=O) groups excluding carboxylic acids is 1. The standard InChI is InChI=1S/C20H24N2OSe/c1-4-18(23)15-10-11-20-17(14-15)22(13-7-12-21(2)3)16-8-5-6-9-19(16)24-20/h5-6,8-11,14H,4,7,12-13H2,1-3H3. The van der Waals surface area contributed by atoms with Crippen LogP contribution in [0.15, 0.2) is 42.5 Å². The second-order valence-electron chi connectivity index (χ2n) is 6.34. The summed E-state index contributed by atoms with van der Waals surface area (Å²) in [6.07, 6.45) is 1.65. The number of hydrogen-bond acceptors (Lipinski definition) is 3. The second kappa shape index (κ2) is 7.52. The summed E-state index contributed by atoms with van der Waals surface area (Å²) in [5.74, 6) is 0.220. The van der Waals surface area contributed by atoms with Crippen molar-refractivity contribution in [1.82, 2.24) is 4.90 Å². The molecule has 0 unspecified atom stereocenters. The van der Waals surface area contributed by atoms with Crippen LogP contribution in [0.3, 0.4) is 0 Å². The Morgan fingerprint density at radius 1 is 1.08 bits per heavy atom. The van der Waals surface area contributed by atoms with E-state index in [9.17, 15) is 4.79 Å². The van der Waals surface area contributed by atoms with Crippen LogP contribution in [0.4, 0.5) is 11.4 Å². The average Bonchev–Trinajstić information content (AvgIpc) is 2.59. The third-order valence-electron chi connectivity index (χ3n) is 4.26.